The van der Waals surface area contributed by atoms with Gasteiger partial charge in [-0.3, -0.25) is 4.79 Å². The number of carbonyl (C=O) groups excluding carboxylic acids is 1. The Kier molecular flexibility index (Phi) is 5.57. The number of hydrogen-bond acceptors (Lipinski definition) is 2. The molecule has 0 aromatic heterocycles. The zero-order valence-corrected chi connectivity index (χ0v) is 14.9. The molecule has 24 heavy (non-hydrogen) atoms. The van der Waals surface area contributed by atoms with Gasteiger partial charge in [-0.05, 0) is 80.9 Å². The summed E-state index contributed by atoms with van der Waals surface area (Å²) >= 11 is 0. The molecule has 0 atom stereocenters. The maximum absolute atomic E-state index is 13.8. The van der Waals surface area contributed by atoms with Crippen molar-refractivity contribution in [1.29, 1.82) is 0 Å². The monoisotopic (exact) mass is 332 g/mol. The van der Waals surface area contributed by atoms with E-state index < -0.39 is 5.82 Å². The van der Waals surface area contributed by atoms with E-state index >= 15 is 0 Å². The minimum Gasteiger partial charge on any atom is -0.423 e. The molecule has 1 aromatic rings. The van der Waals surface area contributed by atoms with E-state index in [2.05, 4.69) is 6.92 Å². The second-order valence-electron chi connectivity index (χ2n) is 7.99. The summed E-state index contributed by atoms with van der Waals surface area (Å²) in [6.45, 7) is 4.18. The average Bonchev–Trinajstić information content (AvgIpc) is 2.58. The summed E-state index contributed by atoms with van der Waals surface area (Å²) in [7, 11) is 0. The maximum Gasteiger partial charge on any atom is 0.314 e. The first-order valence-electron chi connectivity index (χ1n) is 9.50. The zero-order chi connectivity index (χ0) is 17.1. The summed E-state index contributed by atoms with van der Waals surface area (Å²) in [6, 6.07) is 4.73. The molecule has 132 valence electrons. The molecule has 0 radical (unpaired) electrons. The zero-order valence-electron chi connectivity index (χ0n) is 14.9. The Bertz CT molecular complexity index is 567. The van der Waals surface area contributed by atoms with E-state index in [1.165, 1.54) is 31.7 Å². The number of halogens is 1. The molecule has 2 aliphatic rings. The van der Waals surface area contributed by atoms with Crippen LogP contribution in [0, 0.1) is 36.4 Å². The first-order chi connectivity index (χ1) is 11.5. The molecule has 0 unspecified atom stereocenters. The van der Waals surface area contributed by atoms with E-state index in [1.807, 2.05) is 6.92 Å². The van der Waals surface area contributed by atoms with E-state index in [4.69, 9.17) is 4.74 Å². The minimum absolute atomic E-state index is 0.0639. The van der Waals surface area contributed by atoms with Crippen LogP contribution in [0.4, 0.5) is 4.39 Å². The number of carbonyl (C=O) groups is 1. The number of ether oxygens (including phenoxy) is 1. The lowest BCUT2D eigenvalue weighted by atomic mass is 9.69. The van der Waals surface area contributed by atoms with Crippen molar-refractivity contribution in [2.45, 2.75) is 65.2 Å². The van der Waals surface area contributed by atoms with Crippen molar-refractivity contribution in [2.24, 2.45) is 23.7 Å². The van der Waals surface area contributed by atoms with Gasteiger partial charge in [0.1, 0.15) is 0 Å². The minimum atomic E-state index is -0.451. The SMILES string of the molecule is Cc1ccc(OC(=O)C2CCC(C3CCC(C)CC3)CC2)c(F)c1. The average molecular weight is 332 g/mol. The summed E-state index contributed by atoms with van der Waals surface area (Å²) in [5.74, 6) is 1.81. The van der Waals surface area contributed by atoms with Crippen molar-refractivity contribution >= 4 is 5.97 Å². The number of hydrogen-bond donors (Lipinski definition) is 0. The van der Waals surface area contributed by atoms with Gasteiger partial charge in [0, 0.05) is 0 Å². The topological polar surface area (TPSA) is 26.3 Å². The van der Waals surface area contributed by atoms with Gasteiger partial charge < -0.3 is 4.74 Å². The van der Waals surface area contributed by atoms with Crippen LogP contribution in [0.2, 0.25) is 0 Å². The molecule has 2 nitrogen and oxygen atoms in total. The van der Waals surface area contributed by atoms with Crippen molar-refractivity contribution in [1.82, 2.24) is 0 Å². The first-order valence-corrected chi connectivity index (χ1v) is 9.50. The molecule has 0 heterocycles. The number of aryl methyl sites for hydroxylation is 1. The van der Waals surface area contributed by atoms with E-state index in [9.17, 15) is 9.18 Å². The van der Waals surface area contributed by atoms with Gasteiger partial charge >= 0.3 is 5.97 Å². The highest BCUT2D eigenvalue weighted by Gasteiger charge is 2.33. The van der Waals surface area contributed by atoms with E-state index in [-0.39, 0.29) is 17.6 Å². The summed E-state index contributed by atoms with van der Waals surface area (Å²) in [5.41, 5.74) is 0.828. The van der Waals surface area contributed by atoms with Gasteiger partial charge in [-0.25, -0.2) is 4.39 Å². The lowest BCUT2D eigenvalue weighted by Gasteiger charge is -2.36. The fraction of sp³-hybridized carbons (Fsp3) is 0.667. The molecule has 3 heteroatoms. The van der Waals surface area contributed by atoms with E-state index in [0.717, 1.165) is 49.0 Å². The van der Waals surface area contributed by atoms with Crippen LogP contribution < -0.4 is 4.74 Å². The van der Waals surface area contributed by atoms with Gasteiger partial charge in [0.05, 0.1) is 5.92 Å². The normalized spacial score (nSPS) is 30.8. The molecule has 0 saturated heterocycles. The molecule has 0 aliphatic heterocycles. The maximum atomic E-state index is 13.8. The quantitative estimate of drug-likeness (QED) is 0.526. The Morgan fingerprint density at radius 3 is 2.17 bits per heavy atom. The van der Waals surface area contributed by atoms with Crippen molar-refractivity contribution in [3.05, 3.63) is 29.6 Å². The van der Waals surface area contributed by atoms with Crippen LogP contribution in [0.5, 0.6) is 5.75 Å². The number of benzene rings is 1. The van der Waals surface area contributed by atoms with Gasteiger partial charge in [-0.2, -0.15) is 0 Å². The predicted octanol–water partition coefficient (Wildman–Crippen LogP) is 5.67. The number of rotatable bonds is 3. The third kappa shape index (κ3) is 4.17. The molecule has 1 aromatic carbocycles. The van der Waals surface area contributed by atoms with Crippen molar-refractivity contribution < 1.29 is 13.9 Å². The first kappa shape index (κ1) is 17.4. The molecular formula is C21H29FO2. The third-order valence-electron chi connectivity index (χ3n) is 6.13. The van der Waals surface area contributed by atoms with Crippen LogP contribution in [-0.2, 0) is 4.79 Å². The molecule has 3 rings (SSSR count). The van der Waals surface area contributed by atoms with E-state index in [1.54, 1.807) is 12.1 Å². The van der Waals surface area contributed by atoms with Gasteiger partial charge in [0.2, 0.25) is 0 Å². The highest BCUT2D eigenvalue weighted by molar-refractivity contribution is 5.75. The number of esters is 1. The van der Waals surface area contributed by atoms with Crippen molar-refractivity contribution in [3.8, 4) is 5.75 Å². The van der Waals surface area contributed by atoms with Gasteiger partial charge in [0.15, 0.2) is 11.6 Å². The van der Waals surface area contributed by atoms with Crippen LogP contribution in [0.3, 0.4) is 0 Å². The summed E-state index contributed by atoms with van der Waals surface area (Å²) in [4.78, 5) is 12.3. The molecule has 0 N–H and O–H groups in total. The fourth-order valence-corrected chi connectivity index (χ4v) is 4.46. The van der Waals surface area contributed by atoms with Crippen LogP contribution in [0.15, 0.2) is 18.2 Å². The Hall–Kier alpha value is -1.38. The summed E-state index contributed by atoms with van der Waals surface area (Å²) in [5, 5.41) is 0. The fourth-order valence-electron chi connectivity index (χ4n) is 4.46. The Balaban J connectivity index is 1.50. The molecular weight excluding hydrogens is 303 g/mol. The van der Waals surface area contributed by atoms with Gasteiger partial charge in [0.25, 0.3) is 0 Å². The molecule has 0 bridgehead atoms. The molecule has 0 amide bonds. The van der Waals surface area contributed by atoms with Crippen molar-refractivity contribution in [2.75, 3.05) is 0 Å². The Morgan fingerprint density at radius 2 is 1.58 bits per heavy atom. The van der Waals surface area contributed by atoms with Crippen LogP contribution in [0.25, 0.3) is 0 Å². The Morgan fingerprint density at radius 1 is 1.00 bits per heavy atom. The lowest BCUT2D eigenvalue weighted by molar-refractivity contribution is -0.140. The van der Waals surface area contributed by atoms with Crippen molar-refractivity contribution in [3.63, 3.8) is 0 Å². The second-order valence-corrected chi connectivity index (χ2v) is 7.99. The van der Waals surface area contributed by atoms with Crippen LogP contribution in [0.1, 0.15) is 63.9 Å². The molecule has 2 saturated carbocycles. The third-order valence-corrected chi connectivity index (χ3v) is 6.13. The standard InChI is InChI=1S/C21H29FO2/c1-14-3-6-16(7-4-14)17-8-10-18(11-9-17)21(23)24-20-12-5-15(2)13-19(20)22/h5,12-14,16-18H,3-4,6-11H2,1-2H3. The summed E-state index contributed by atoms with van der Waals surface area (Å²) in [6.07, 6.45) is 9.46. The highest BCUT2D eigenvalue weighted by atomic mass is 19.1. The van der Waals surface area contributed by atoms with Gasteiger partial charge in [-0.1, -0.05) is 25.8 Å². The molecule has 2 fully saturated rings. The molecule has 0 spiro atoms. The van der Waals surface area contributed by atoms with E-state index in [0.29, 0.717) is 0 Å². The molecule has 2 aliphatic carbocycles. The predicted molar refractivity (Wildman–Crippen MR) is 93.3 cm³/mol. The van der Waals surface area contributed by atoms with Crippen LogP contribution in [-0.4, -0.2) is 5.97 Å². The second kappa shape index (κ2) is 7.67. The van der Waals surface area contributed by atoms with Crippen LogP contribution >= 0.6 is 0 Å². The lowest BCUT2D eigenvalue weighted by Crippen LogP contribution is -2.30. The smallest absolute Gasteiger partial charge is 0.314 e. The largest absolute Gasteiger partial charge is 0.423 e. The highest BCUT2D eigenvalue weighted by Crippen LogP contribution is 2.41. The Labute approximate surface area is 144 Å². The summed E-state index contributed by atoms with van der Waals surface area (Å²) < 4.78 is 19.2. The van der Waals surface area contributed by atoms with Gasteiger partial charge in [-0.15, -0.1) is 0 Å².